The van der Waals surface area contributed by atoms with Crippen LogP contribution in [0.25, 0.3) is 0 Å². The number of hydrogen-bond acceptors (Lipinski definition) is 2. The van der Waals surface area contributed by atoms with Gasteiger partial charge in [-0.1, -0.05) is 13.8 Å². The molecule has 2 aliphatic heterocycles. The molecule has 0 aliphatic carbocycles. The average Bonchev–Trinajstić information content (AvgIpc) is 2.62. The Balaban J connectivity index is 1.91. The van der Waals surface area contributed by atoms with Crippen molar-refractivity contribution in [2.75, 3.05) is 13.2 Å². The standard InChI is InChI=1S/C10H17NO2/c1-7(2)3-10(12)11-5-9-4-8(11)6-13-9/h7-9H,3-6H2,1-2H3. The van der Waals surface area contributed by atoms with Gasteiger partial charge in [0.25, 0.3) is 0 Å². The predicted octanol–water partition coefficient (Wildman–Crippen LogP) is 1.03. The number of hydrogen-bond donors (Lipinski definition) is 0. The molecule has 2 atom stereocenters. The normalized spacial score (nSPS) is 31.8. The van der Waals surface area contributed by atoms with Gasteiger partial charge in [-0.15, -0.1) is 0 Å². The van der Waals surface area contributed by atoms with E-state index >= 15 is 0 Å². The molecule has 2 bridgehead atoms. The second kappa shape index (κ2) is 3.29. The van der Waals surface area contributed by atoms with E-state index in [0.29, 0.717) is 30.4 Å². The van der Waals surface area contributed by atoms with E-state index in [1.54, 1.807) is 0 Å². The molecule has 2 saturated heterocycles. The van der Waals surface area contributed by atoms with E-state index in [9.17, 15) is 4.79 Å². The van der Waals surface area contributed by atoms with Gasteiger partial charge in [-0.3, -0.25) is 4.79 Å². The van der Waals surface area contributed by atoms with Crippen LogP contribution >= 0.6 is 0 Å². The summed E-state index contributed by atoms with van der Waals surface area (Å²) in [5, 5.41) is 0. The molecular weight excluding hydrogens is 166 g/mol. The summed E-state index contributed by atoms with van der Waals surface area (Å²) in [6.45, 7) is 5.76. The summed E-state index contributed by atoms with van der Waals surface area (Å²) in [4.78, 5) is 13.7. The monoisotopic (exact) mass is 183 g/mol. The molecule has 0 N–H and O–H groups in total. The van der Waals surface area contributed by atoms with Gasteiger partial charge in [-0.25, -0.2) is 0 Å². The molecule has 74 valence electrons. The van der Waals surface area contributed by atoms with Crippen molar-refractivity contribution in [1.82, 2.24) is 4.90 Å². The van der Waals surface area contributed by atoms with E-state index in [1.165, 1.54) is 0 Å². The number of likely N-dealkylation sites (tertiary alicyclic amines) is 1. The van der Waals surface area contributed by atoms with Crippen molar-refractivity contribution < 1.29 is 9.53 Å². The van der Waals surface area contributed by atoms with Crippen molar-refractivity contribution in [2.45, 2.75) is 38.8 Å². The first-order valence-corrected chi connectivity index (χ1v) is 5.08. The Morgan fingerprint density at radius 2 is 2.38 bits per heavy atom. The minimum atomic E-state index is 0.311. The quantitative estimate of drug-likeness (QED) is 0.640. The van der Waals surface area contributed by atoms with Crippen LogP contribution in [0.2, 0.25) is 0 Å². The Kier molecular flexibility index (Phi) is 2.28. The molecule has 0 aromatic carbocycles. The SMILES string of the molecule is CC(C)CC(=O)N1CC2CC1CO2. The Morgan fingerprint density at radius 3 is 2.85 bits per heavy atom. The summed E-state index contributed by atoms with van der Waals surface area (Å²) < 4.78 is 5.44. The van der Waals surface area contributed by atoms with Gasteiger partial charge >= 0.3 is 0 Å². The number of fused-ring (bicyclic) bond motifs is 2. The molecule has 0 radical (unpaired) electrons. The fourth-order valence-corrected chi connectivity index (χ4v) is 2.17. The lowest BCUT2D eigenvalue weighted by Gasteiger charge is -2.27. The summed E-state index contributed by atoms with van der Waals surface area (Å²) in [7, 11) is 0. The number of morpholine rings is 1. The van der Waals surface area contributed by atoms with E-state index in [-0.39, 0.29) is 0 Å². The number of carbonyl (C=O) groups excluding carboxylic acids is 1. The molecule has 0 saturated carbocycles. The molecule has 2 heterocycles. The second-order valence-corrected chi connectivity index (χ2v) is 4.49. The van der Waals surface area contributed by atoms with E-state index in [2.05, 4.69) is 13.8 Å². The lowest BCUT2D eigenvalue weighted by Crippen LogP contribution is -2.41. The van der Waals surface area contributed by atoms with Crippen LogP contribution in [0.15, 0.2) is 0 Å². The van der Waals surface area contributed by atoms with Crippen LogP contribution in [-0.2, 0) is 9.53 Å². The van der Waals surface area contributed by atoms with Crippen molar-refractivity contribution in [2.24, 2.45) is 5.92 Å². The van der Waals surface area contributed by atoms with Crippen LogP contribution in [0.5, 0.6) is 0 Å². The predicted molar refractivity (Wildman–Crippen MR) is 49.3 cm³/mol. The van der Waals surface area contributed by atoms with Gasteiger partial charge in [-0.05, 0) is 12.3 Å². The third-order valence-electron chi connectivity index (χ3n) is 2.80. The molecule has 0 aromatic rings. The fourth-order valence-electron chi connectivity index (χ4n) is 2.17. The van der Waals surface area contributed by atoms with Gasteiger partial charge in [0, 0.05) is 13.0 Å². The molecule has 0 aromatic heterocycles. The van der Waals surface area contributed by atoms with E-state index in [1.807, 2.05) is 4.90 Å². The molecule has 2 unspecified atom stereocenters. The molecule has 3 nitrogen and oxygen atoms in total. The van der Waals surface area contributed by atoms with Crippen LogP contribution in [0, 0.1) is 5.92 Å². The number of amides is 1. The molecule has 2 fully saturated rings. The zero-order valence-corrected chi connectivity index (χ0v) is 8.32. The maximum absolute atomic E-state index is 11.7. The minimum Gasteiger partial charge on any atom is -0.374 e. The van der Waals surface area contributed by atoms with Gasteiger partial charge in [0.1, 0.15) is 0 Å². The van der Waals surface area contributed by atoms with Crippen LogP contribution in [0.1, 0.15) is 26.7 Å². The minimum absolute atomic E-state index is 0.311. The van der Waals surface area contributed by atoms with Gasteiger partial charge in [0.2, 0.25) is 5.91 Å². The number of rotatable bonds is 2. The molecular formula is C10H17NO2. The Hall–Kier alpha value is -0.570. The van der Waals surface area contributed by atoms with Crippen LogP contribution in [0.3, 0.4) is 0 Å². The summed E-state index contributed by atoms with van der Waals surface area (Å²) in [6, 6.07) is 0.385. The van der Waals surface area contributed by atoms with Gasteiger partial charge in [0.15, 0.2) is 0 Å². The second-order valence-electron chi connectivity index (χ2n) is 4.49. The molecule has 0 spiro atoms. The Bertz CT molecular complexity index is 215. The van der Waals surface area contributed by atoms with Crippen molar-refractivity contribution in [3.8, 4) is 0 Å². The Morgan fingerprint density at radius 1 is 1.62 bits per heavy atom. The molecule has 13 heavy (non-hydrogen) atoms. The molecule has 2 aliphatic rings. The lowest BCUT2D eigenvalue weighted by atomic mass is 10.1. The maximum atomic E-state index is 11.7. The largest absolute Gasteiger partial charge is 0.374 e. The highest BCUT2D eigenvalue weighted by Crippen LogP contribution is 2.28. The van der Waals surface area contributed by atoms with Crippen LogP contribution < -0.4 is 0 Å². The summed E-state index contributed by atoms with van der Waals surface area (Å²) in [5.41, 5.74) is 0. The van der Waals surface area contributed by atoms with Gasteiger partial charge in [-0.2, -0.15) is 0 Å². The third-order valence-corrected chi connectivity index (χ3v) is 2.80. The van der Waals surface area contributed by atoms with Crippen molar-refractivity contribution in [3.05, 3.63) is 0 Å². The lowest BCUT2D eigenvalue weighted by molar-refractivity contribution is -0.136. The third kappa shape index (κ3) is 1.70. The fraction of sp³-hybridized carbons (Fsp3) is 0.900. The van der Waals surface area contributed by atoms with Crippen molar-refractivity contribution >= 4 is 5.91 Å². The zero-order valence-electron chi connectivity index (χ0n) is 8.32. The van der Waals surface area contributed by atoms with Crippen molar-refractivity contribution in [1.29, 1.82) is 0 Å². The maximum Gasteiger partial charge on any atom is 0.223 e. The first kappa shape index (κ1) is 9.00. The topological polar surface area (TPSA) is 29.5 Å². The number of carbonyl (C=O) groups is 1. The Labute approximate surface area is 79.0 Å². The van der Waals surface area contributed by atoms with Crippen molar-refractivity contribution in [3.63, 3.8) is 0 Å². The summed E-state index contributed by atoms with van der Waals surface area (Å²) in [5.74, 6) is 0.776. The van der Waals surface area contributed by atoms with Crippen LogP contribution in [0.4, 0.5) is 0 Å². The number of ether oxygens (including phenoxy) is 1. The highest BCUT2D eigenvalue weighted by atomic mass is 16.5. The van der Waals surface area contributed by atoms with Crippen LogP contribution in [-0.4, -0.2) is 36.1 Å². The summed E-state index contributed by atoms with van der Waals surface area (Å²) >= 11 is 0. The molecule has 2 rings (SSSR count). The van der Waals surface area contributed by atoms with Gasteiger partial charge < -0.3 is 9.64 Å². The molecule has 3 heteroatoms. The van der Waals surface area contributed by atoms with E-state index in [0.717, 1.165) is 19.6 Å². The van der Waals surface area contributed by atoms with Gasteiger partial charge in [0.05, 0.1) is 18.8 Å². The van der Waals surface area contributed by atoms with E-state index < -0.39 is 0 Å². The number of nitrogens with zero attached hydrogens (tertiary/aromatic N) is 1. The highest BCUT2D eigenvalue weighted by molar-refractivity contribution is 5.77. The average molecular weight is 183 g/mol. The smallest absolute Gasteiger partial charge is 0.223 e. The zero-order chi connectivity index (χ0) is 9.42. The van der Waals surface area contributed by atoms with E-state index in [4.69, 9.17) is 4.74 Å². The highest BCUT2D eigenvalue weighted by Gasteiger charge is 2.41. The molecule has 1 amide bonds. The first-order chi connectivity index (χ1) is 6.16. The first-order valence-electron chi connectivity index (χ1n) is 5.08. The summed E-state index contributed by atoms with van der Waals surface area (Å²) in [6.07, 6.45) is 2.08.